The van der Waals surface area contributed by atoms with Crippen LogP contribution in [0, 0.1) is 10.1 Å². The second-order valence-corrected chi connectivity index (χ2v) is 11.3. The number of rotatable bonds is 9. The molecule has 1 amide bonds. The second kappa shape index (κ2) is 12.3. The van der Waals surface area contributed by atoms with Gasteiger partial charge in [-0.3, -0.25) is 14.9 Å². The van der Waals surface area contributed by atoms with Crippen molar-refractivity contribution in [2.45, 2.75) is 58.3 Å². The maximum atomic E-state index is 13.7. The Morgan fingerprint density at radius 3 is 2.11 bits per heavy atom. The molecule has 1 aliphatic rings. The van der Waals surface area contributed by atoms with E-state index in [1.54, 1.807) is 56.0 Å². The zero-order valence-corrected chi connectivity index (χ0v) is 22.6. The first-order valence-corrected chi connectivity index (χ1v) is 13.6. The van der Waals surface area contributed by atoms with Crippen LogP contribution in [0.4, 0.5) is 10.5 Å². The molecule has 0 saturated carbocycles. The molecule has 2 aromatic rings. The van der Waals surface area contributed by atoms with Crippen LogP contribution < -0.4 is 14.1 Å². The van der Waals surface area contributed by atoms with Gasteiger partial charge in [-0.15, -0.1) is 0 Å². The van der Waals surface area contributed by atoms with E-state index in [1.807, 2.05) is 0 Å². The standard InChI is InChI=1S/C25H32N3O9P/c1-18(23(29)34-20-14-16-27(17-15-20)24(30)35-25(2,3)4)26-38(33,36-21-8-6-5-7-9-21)37-22-12-10-19(11-13-22)28(31)32/h5-13,18,20H,14-17H2,1-4H3,(H,26,33). The molecule has 2 atom stereocenters. The topological polar surface area (TPSA) is 147 Å². The molecule has 206 valence electrons. The Bertz CT molecular complexity index is 1160. The summed E-state index contributed by atoms with van der Waals surface area (Å²) >= 11 is 0. The predicted octanol–water partition coefficient (Wildman–Crippen LogP) is 5.08. The van der Waals surface area contributed by atoms with Gasteiger partial charge in [0.05, 0.1) is 4.92 Å². The molecule has 3 rings (SSSR count). The lowest BCUT2D eigenvalue weighted by atomic mass is 10.1. The van der Waals surface area contributed by atoms with E-state index >= 15 is 0 Å². The average molecular weight is 550 g/mol. The molecule has 13 heteroatoms. The highest BCUT2D eigenvalue weighted by molar-refractivity contribution is 7.52. The molecule has 2 aromatic carbocycles. The number of nitrogens with one attached hydrogen (secondary N) is 1. The number of hydrogen-bond acceptors (Lipinski definition) is 9. The zero-order chi connectivity index (χ0) is 27.9. The number of esters is 1. The summed E-state index contributed by atoms with van der Waals surface area (Å²) in [6.07, 6.45) is -0.000170. The summed E-state index contributed by atoms with van der Waals surface area (Å²) in [6.45, 7) is 7.57. The summed E-state index contributed by atoms with van der Waals surface area (Å²) in [5.41, 5.74) is -0.771. The van der Waals surface area contributed by atoms with Gasteiger partial charge < -0.3 is 23.4 Å². The molecule has 1 N–H and O–H groups in total. The number of ether oxygens (including phenoxy) is 2. The molecule has 0 spiro atoms. The number of amides is 1. The maximum Gasteiger partial charge on any atom is 0.513 e. The first kappa shape index (κ1) is 28.9. The number of carbonyl (C=O) groups excluding carboxylic acids is 2. The number of likely N-dealkylation sites (tertiary alicyclic amines) is 1. The SMILES string of the molecule is CC(NP(=O)(Oc1ccccc1)Oc1ccc([N+](=O)[O-])cc1)C(=O)OC1CCN(C(=O)OC(C)(C)C)CC1. The van der Waals surface area contributed by atoms with Crippen LogP contribution >= 0.6 is 7.75 Å². The molecular formula is C25H32N3O9P. The summed E-state index contributed by atoms with van der Waals surface area (Å²) < 4.78 is 35.8. The molecule has 0 aromatic heterocycles. The lowest BCUT2D eigenvalue weighted by Crippen LogP contribution is -2.45. The number of non-ortho nitro benzene ring substituents is 1. The van der Waals surface area contributed by atoms with Crippen LogP contribution in [0.3, 0.4) is 0 Å². The van der Waals surface area contributed by atoms with Crippen molar-refractivity contribution in [2.75, 3.05) is 13.1 Å². The molecule has 0 aliphatic carbocycles. The van der Waals surface area contributed by atoms with Crippen LogP contribution in [0.25, 0.3) is 0 Å². The summed E-state index contributed by atoms with van der Waals surface area (Å²) in [5, 5.41) is 13.5. The van der Waals surface area contributed by atoms with Crippen LogP contribution in [0.5, 0.6) is 11.5 Å². The van der Waals surface area contributed by atoms with Crippen molar-refractivity contribution in [3.63, 3.8) is 0 Å². The third kappa shape index (κ3) is 8.74. The molecule has 38 heavy (non-hydrogen) atoms. The molecule has 0 radical (unpaired) electrons. The lowest BCUT2D eigenvalue weighted by molar-refractivity contribution is -0.384. The summed E-state index contributed by atoms with van der Waals surface area (Å²) in [7, 11) is -4.20. The van der Waals surface area contributed by atoms with Gasteiger partial charge in [-0.1, -0.05) is 18.2 Å². The number of carbonyl (C=O) groups is 2. The number of hydrogen-bond donors (Lipinski definition) is 1. The van der Waals surface area contributed by atoms with Crippen molar-refractivity contribution in [3.05, 3.63) is 64.7 Å². The van der Waals surface area contributed by atoms with Gasteiger partial charge in [0, 0.05) is 38.1 Å². The highest BCUT2D eigenvalue weighted by atomic mass is 31.2. The van der Waals surface area contributed by atoms with Gasteiger partial charge >= 0.3 is 19.8 Å². The number of nitro groups is 1. The van der Waals surface area contributed by atoms with Crippen molar-refractivity contribution in [2.24, 2.45) is 0 Å². The first-order valence-electron chi connectivity index (χ1n) is 12.1. The van der Waals surface area contributed by atoms with Gasteiger partial charge in [0.15, 0.2) is 0 Å². The minimum absolute atomic E-state index is 0.0393. The van der Waals surface area contributed by atoms with Crippen LogP contribution in [0.2, 0.25) is 0 Å². The summed E-state index contributed by atoms with van der Waals surface area (Å²) in [6, 6.07) is 12.1. The number of piperidine rings is 1. The average Bonchev–Trinajstić information content (AvgIpc) is 2.84. The second-order valence-electron chi connectivity index (χ2n) is 9.70. The monoisotopic (exact) mass is 549 g/mol. The molecule has 1 saturated heterocycles. The van der Waals surface area contributed by atoms with E-state index < -0.39 is 42.5 Å². The number of benzene rings is 2. The molecule has 0 bridgehead atoms. The Morgan fingerprint density at radius 1 is 1.03 bits per heavy atom. The smallest absolute Gasteiger partial charge is 0.461 e. The van der Waals surface area contributed by atoms with E-state index in [4.69, 9.17) is 18.5 Å². The van der Waals surface area contributed by atoms with Gasteiger partial charge in [-0.25, -0.2) is 9.36 Å². The third-order valence-corrected chi connectivity index (χ3v) is 6.93. The molecular weight excluding hydrogens is 517 g/mol. The Kier molecular flexibility index (Phi) is 9.35. The molecule has 2 unspecified atom stereocenters. The lowest BCUT2D eigenvalue weighted by Gasteiger charge is -2.33. The van der Waals surface area contributed by atoms with Crippen LogP contribution in [0.15, 0.2) is 54.6 Å². The van der Waals surface area contributed by atoms with Crippen LogP contribution in [-0.2, 0) is 18.8 Å². The van der Waals surface area contributed by atoms with Crippen molar-refractivity contribution < 1.29 is 37.6 Å². The van der Waals surface area contributed by atoms with E-state index in [-0.39, 0.29) is 17.2 Å². The van der Waals surface area contributed by atoms with Crippen LogP contribution in [-0.4, -0.2) is 52.7 Å². The van der Waals surface area contributed by atoms with Crippen molar-refractivity contribution in [1.82, 2.24) is 9.99 Å². The fourth-order valence-corrected chi connectivity index (χ4v) is 5.02. The largest absolute Gasteiger partial charge is 0.513 e. The number of para-hydroxylation sites is 1. The van der Waals surface area contributed by atoms with Gasteiger partial charge in [0.2, 0.25) is 0 Å². The fraction of sp³-hybridized carbons (Fsp3) is 0.440. The van der Waals surface area contributed by atoms with Crippen molar-refractivity contribution in [3.8, 4) is 11.5 Å². The minimum Gasteiger partial charge on any atom is -0.461 e. The highest BCUT2D eigenvalue weighted by Gasteiger charge is 2.35. The minimum atomic E-state index is -4.20. The van der Waals surface area contributed by atoms with Gasteiger partial charge in [0.25, 0.3) is 5.69 Å². The quantitative estimate of drug-likeness (QED) is 0.194. The van der Waals surface area contributed by atoms with E-state index in [0.717, 1.165) is 0 Å². The Hall–Kier alpha value is -3.63. The van der Waals surface area contributed by atoms with Gasteiger partial charge in [-0.05, 0) is 52.0 Å². The third-order valence-electron chi connectivity index (χ3n) is 5.32. The van der Waals surface area contributed by atoms with Crippen LogP contribution in [0.1, 0.15) is 40.5 Å². The molecule has 12 nitrogen and oxygen atoms in total. The highest BCUT2D eigenvalue weighted by Crippen LogP contribution is 2.45. The fourth-order valence-electron chi connectivity index (χ4n) is 3.50. The normalized spacial score (nSPS) is 16.6. The van der Waals surface area contributed by atoms with Crippen molar-refractivity contribution >= 4 is 25.5 Å². The Labute approximate surface area is 220 Å². The first-order chi connectivity index (χ1) is 17.8. The maximum absolute atomic E-state index is 13.7. The Morgan fingerprint density at radius 2 is 1.58 bits per heavy atom. The van der Waals surface area contributed by atoms with E-state index in [0.29, 0.717) is 25.9 Å². The molecule has 1 aliphatic heterocycles. The van der Waals surface area contributed by atoms with Gasteiger partial charge in [0.1, 0.15) is 29.2 Å². The number of nitro benzene ring substituents is 1. The van der Waals surface area contributed by atoms with Crippen molar-refractivity contribution in [1.29, 1.82) is 0 Å². The molecule has 1 heterocycles. The van der Waals surface area contributed by atoms with Gasteiger partial charge in [-0.2, -0.15) is 5.09 Å². The summed E-state index contributed by atoms with van der Waals surface area (Å²) in [4.78, 5) is 37.0. The molecule has 1 fully saturated rings. The van der Waals surface area contributed by atoms with E-state index in [2.05, 4.69) is 5.09 Å². The number of nitrogens with zero attached hydrogens (tertiary/aromatic N) is 2. The van der Waals surface area contributed by atoms with E-state index in [9.17, 15) is 24.3 Å². The Balaban J connectivity index is 1.62. The van der Waals surface area contributed by atoms with E-state index in [1.165, 1.54) is 31.2 Å². The zero-order valence-electron chi connectivity index (χ0n) is 21.7. The summed E-state index contributed by atoms with van der Waals surface area (Å²) in [5.74, 6) is -0.414. The predicted molar refractivity (Wildman–Crippen MR) is 138 cm³/mol.